The molecule has 1 fully saturated rings. The predicted molar refractivity (Wildman–Crippen MR) is 83.2 cm³/mol. The minimum Gasteiger partial charge on any atom is -0.495 e. The standard InChI is InChI=1S/C15H19Cl2NO3/c1-9-11(15(19)20)4-3-5-18(9)8-10-6-13(17)14(21-2)7-12(10)16/h6-7,9,11H,3-5,8H2,1-2H3,(H,19,20)/t9-,11-/m0/s1. The van der Waals surface area contributed by atoms with Crippen LogP contribution in [0.5, 0.6) is 5.75 Å². The van der Waals surface area contributed by atoms with E-state index in [9.17, 15) is 9.90 Å². The fourth-order valence-corrected chi connectivity index (χ4v) is 3.31. The maximum Gasteiger partial charge on any atom is 0.308 e. The number of carboxylic acids is 1. The average molecular weight is 332 g/mol. The van der Waals surface area contributed by atoms with Gasteiger partial charge in [0.2, 0.25) is 0 Å². The van der Waals surface area contributed by atoms with Gasteiger partial charge in [-0.05, 0) is 37.9 Å². The third kappa shape index (κ3) is 3.62. The summed E-state index contributed by atoms with van der Waals surface area (Å²) in [6, 6.07) is 3.47. The molecule has 1 aromatic rings. The molecule has 4 nitrogen and oxygen atoms in total. The summed E-state index contributed by atoms with van der Waals surface area (Å²) < 4.78 is 5.13. The number of ether oxygens (including phenoxy) is 1. The minimum absolute atomic E-state index is 0.0202. The average Bonchev–Trinajstić information content (AvgIpc) is 2.44. The predicted octanol–water partition coefficient (Wildman–Crippen LogP) is 3.69. The fraction of sp³-hybridized carbons (Fsp3) is 0.533. The highest BCUT2D eigenvalue weighted by Crippen LogP contribution is 2.33. The van der Waals surface area contributed by atoms with E-state index in [2.05, 4.69) is 4.90 Å². The number of halogens is 2. The zero-order valence-corrected chi connectivity index (χ0v) is 13.6. The number of hydrogen-bond acceptors (Lipinski definition) is 3. The van der Waals surface area contributed by atoms with E-state index in [4.69, 9.17) is 27.9 Å². The van der Waals surface area contributed by atoms with Crippen LogP contribution < -0.4 is 4.74 Å². The molecule has 21 heavy (non-hydrogen) atoms. The fourth-order valence-electron chi connectivity index (χ4n) is 2.83. The Morgan fingerprint density at radius 2 is 2.14 bits per heavy atom. The maximum atomic E-state index is 11.3. The van der Waals surface area contributed by atoms with Gasteiger partial charge in [-0.1, -0.05) is 23.2 Å². The number of piperidine rings is 1. The van der Waals surface area contributed by atoms with Crippen molar-refractivity contribution < 1.29 is 14.6 Å². The van der Waals surface area contributed by atoms with Crippen molar-refractivity contribution in [3.8, 4) is 5.75 Å². The van der Waals surface area contributed by atoms with Gasteiger partial charge >= 0.3 is 5.97 Å². The van der Waals surface area contributed by atoms with Crippen molar-refractivity contribution in [1.82, 2.24) is 4.90 Å². The van der Waals surface area contributed by atoms with Crippen molar-refractivity contribution in [2.24, 2.45) is 5.92 Å². The lowest BCUT2D eigenvalue weighted by Gasteiger charge is -2.37. The van der Waals surface area contributed by atoms with Gasteiger partial charge in [-0.15, -0.1) is 0 Å². The lowest BCUT2D eigenvalue weighted by Crippen LogP contribution is -2.45. The van der Waals surface area contributed by atoms with Crippen LogP contribution in [-0.2, 0) is 11.3 Å². The summed E-state index contributed by atoms with van der Waals surface area (Å²) >= 11 is 12.4. The number of benzene rings is 1. The molecule has 1 aliphatic heterocycles. The van der Waals surface area contributed by atoms with Crippen molar-refractivity contribution in [2.75, 3.05) is 13.7 Å². The van der Waals surface area contributed by atoms with Gasteiger partial charge in [-0.2, -0.15) is 0 Å². The molecular weight excluding hydrogens is 313 g/mol. The molecule has 116 valence electrons. The Bertz CT molecular complexity index is 536. The number of carboxylic acid groups (broad SMARTS) is 1. The normalized spacial score (nSPS) is 23.0. The van der Waals surface area contributed by atoms with Crippen molar-refractivity contribution in [3.63, 3.8) is 0 Å². The van der Waals surface area contributed by atoms with E-state index in [1.165, 1.54) is 0 Å². The van der Waals surface area contributed by atoms with E-state index >= 15 is 0 Å². The topological polar surface area (TPSA) is 49.8 Å². The summed E-state index contributed by atoms with van der Waals surface area (Å²) in [6.45, 7) is 3.41. The molecule has 1 aromatic carbocycles. The summed E-state index contributed by atoms with van der Waals surface area (Å²) in [7, 11) is 1.54. The number of hydrogen-bond donors (Lipinski definition) is 1. The summed E-state index contributed by atoms with van der Waals surface area (Å²) in [5, 5.41) is 10.4. The van der Waals surface area contributed by atoms with Crippen LogP contribution in [0.1, 0.15) is 25.3 Å². The van der Waals surface area contributed by atoms with Crippen LogP contribution in [0.4, 0.5) is 0 Å². The third-order valence-corrected chi connectivity index (χ3v) is 4.78. The largest absolute Gasteiger partial charge is 0.495 e. The first-order chi connectivity index (χ1) is 9.93. The number of carbonyl (C=O) groups is 1. The second-order valence-electron chi connectivity index (χ2n) is 5.38. The van der Waals surface area contributed by atoms with Crippen LogP contribution in [0.2, 0.25) is 10.0 Å². The Morgan fingerprint density at radius 3 is 2.76 bits per heavy atom. The molecule has 1 saturated heterocycles. The van der Waals surface area contributed by atoms with Gasteiger partial charge in [0.15, 0.2) is 0 Å². The van der Waals surface area contributed by atoms with Gasteiger partial charge in [0.05, 0.1) is 18.1 Å². The van der Waals surface area contributed by atoms with Gasteiger partial charge in [0, 0.05) is 23.7 Å². The second kappa shape index (κ2) is 6.86. The van der Waals surface area contributed by atoms with Gasteiger partial charge in [-0.25, -0.2) is 0 Å². The van der Waals surface area contributed by atoms with E-state index in [1.807, 2.05) is 6.92 Å². The summed E-state index contributed by atoms with van der Waals surface area (Å²) in [5.74, 6) is -0.516. The first-order valence-electron chi connectivity index (χ1n) is 6.92. The second-order valence-corrected chi connectivity index (χ2v) is 6.19. The summed E-state index contributed by atoms with van der Waals surface area (Å²) in [6.07, 6.45) is 1.60. The highest BCUT2D eigenvalue weighted by molar-refractivity contribution is 6.34. The molecule has 0 aliphatic carbocycles. The molecule has 2 atom stereocenters. The molecule has 1 aliphatic rings. The number of nitrogens with zero attached hydrogens (tertiary/aromatic N) is 1. The monoisotopic (exact) mass is 331 g/mol. The molecule has 0 unspecified atom stereocenters. The van der Waals surface area contributed by atoms with E-state index < -0.39 is 5.97 Å². The van der Waals surface area contributed by atoms with Gasteiger partial charge in [0.25, 0.3) is 0 Å². The molecule has 0 amide bonds. The lowest BCUT2D eigenvalue weighted by atomic mass is 9.90. The third-order valence-electron chi connectivity index (χ3n) is 4.13. The van der Waals surface area contributed by atoms with Crippen molar-refractivity contribution in [3.05, 3.63) is 27.7 Å². The van der Waals surface area contributed by atoms with Crippen LogP contribution in [0.25, 0.3) is 0 Å². The van der Waals surface area contributed by atoms with E-state index in [0.717, 1.165) is 24.9 Å². The summed E-state index contributed by atoms with van der Waals surface area (Å²) in [5.41, 5.74) is 0.889. The molecular formula is C15H19Cl2NO3. The molecule has 6 heteroatoms. The van der Waals surface area contributed by atoms with Gasteiger partial charge in [0.1, 0.15) is 5.75 Å². The quantitative estimate of drug-likeness (QED) is 0.914. The van der Waals surface area contributed by atoms with E-state index in [-0.39, 0.29) is 12.0 Å². The molecule has 0 aromatic heterocycles. The first-order valence-corrected chi connectivity index (χ1v) is 7.68. The van der Waals surface area contributed by atoms with Crippen molar-refractivity contribution in [2.45, 2.75) is 32.4 Å². The van der Waals surface area contributed by atoms with Crippen LogP contribution in [0, 0.1) is 5.92 Å². The molecule has 2 rings (SSSR count). The number of aliphatic carboxylic acids is 1. The van der Waals surface area contributed by atoms with Crippen LogP contribution in [0.3, 0.4) is 0 Å². The highest BCUT2D eigenvalue weighted by atomic mass is 35.5. The van der Waals surface area contributed by atoms with Crippen molar-refractivity contribution in [1.29, 1.82) is 0 Å². The molecule has 1 N–H and O–H groups in total. The Morgan fingerprint density at radius 1 is 1.43 bits per heavy atom. The number of likely N-dealkylation sites (tertiary alicyclic amines) is 1. The van der Waals surface area contributed by atoms with E-state index in [0.29, 0.717) is 22.3 Å². The Balaban J connectivity index is 2.17. The van der Waals surface area contributed by atoms with E-state index in [1.54, 1.807) is 19.2 Å². The first kappa shape index (κ1) is 16.4. The van der Waals surface area contributed by atoms with Gasteiger partial charge < -0.3 is 9.84 Å². The minimum atomic E-state index is -0.730. The molecule has 0 radical (unpaired) electrons. The zero-order valence-electron chi connectivity index (χ0n) is 12.1. The number of rotatable bonds is 4. The van der Waals surface area contributed by atoms with Gasteiger partial charge in [-0.3, -0.25) is 9.69 Å². The molecule has 1 heterocycles. The maximum absolute atomic E-state index is 11.3. The Labute approximate surface area is 134 Å². The Hall–Kier alpha value is -0.970. The molecule has 0 bridgehead atoms. The lowest BCUT2D eigenvalue weighted by molar-refractivity contribution is -0.145. The zero-order chi connectivity index (χ0) is 15.6. The SMILES string of the molecule is COc1cc(Cl)c(CN2CCC[C@H](C(=O)O)[C@@H]2C)cc1Cl. The smallest absolute Gasteiger partial charge is 0.308 e. The van der Waals surface area contributed by atoms with Crippen molar-refractivity contribution >= 4 is 29.2 Å². The molecule has 0 saturated carbocycles. The highest BCUT2D eigenvalue weighted by Gasteiger charge is 2.33. The van der Waals surface area contributed by atoms with Crippen LogP contribution >= 0.6 is 23.2 Å². The Kier molecular flexibility index (Phi) is 5.36. The van der Waals surface area contributed by atoms with Crippen LogP contribution in [-0.4, -0.2) is 35.7 Å². The summed E-state index contributed by atoms with van der Waals surface area (Å²) in [4.78, 5) is 13.4. The molecule has 0 spiro atoms. The van der Waals surface area contributed by atoms with Crippen LogP contribution in [0.15, 0.2) is 12.1 Å². The number of methoxy groups -OCH3 is 1.